The van der Waals surface area contributed by atoms with Gasteiger partial charge in [0.1, 0.15) is 6.61 Å². The van der Waals surface area contributed by atoms with Gasteiger partial charge in [-0.05, 0) is 18.5 Å². The number of amides is 1. The van der Waals surface area contributed by atoms with E-state index in [2.05, 4.69) is 10.6 Å². The smallest absolute Gasteiger partial charge is 0.407 e. The third kappa shape index (κ3) is 5.06. The number of halogens is 1. The predicted octanol–water partition coefficient (Wildman–Crippen LogP) is 1.06. The second kappa shape index (κ2) is 7.99. The number of ether oxygens (including phenoxy) is 1. The van der Waals surface area contributed by atoms with Gasteiger partial charge in [0.2, 0.25) is 0 Å². The van der Waals surface area contributed by atoms with Gasteiger partial charge in [0.15, 0.2) is 0 Å². The molecule has 6 heteroatoms. The Balaban J connectivity index is 0.00000180. The van der Waals surface area contributed by atoms with Crippen molar-refractivity contribution < 1.29 is 14.6 Å². The first-order valence-electron chi connectivity index (χ1n) is 6.11. The Morgan fingerprint density at radius 2 is 2.16 bits per heavy atom. The Labute approximate surface area is 118 Å². The molecule has 19 heavy (non-hydrogen) atoms. The number of aliphatic hydroxyl groups is 1. The Morgan fingerprint density at radius 3 is 2.84 bits per heavy atom. The minimum Gasteiger partial charge on any atom is -0.445 e. The minimum atomic E-state index is -0.504. The molecule has 5 nitrogen and oxygen atoms in total. The molecule has 2 rings (SSSR count). The third-order valence-corrected chi connectivity index (χ3v) is 2.96. The fraction of sp³-hybridized carbons (Fsp3) is 0.462. The molecule has 0 bridgehead atoms. The lowest BCUT2D eigenvalue weighted by Crippen LogP contribution is -2.53. The Bertz CT molecular complexity index is 389. The molecule has 1 aliphatic heterocycles. The summed E-state index contributed by atoms with van der Waals surface area (Å²) in [5.74, 6) is 0. The average molecular weight is 287 g/mol. The molecule has 1 aromatic rings. The first-order chi connectivity index (χ1) is 8.75. The topological polar surface area (TPSA) is 70.6 Å². The van der Waals surface area contributed by atoms with Crippen LogP contribution in [-0.2, 0) is 11.3 Å². The van der Waals surface area contributed by atoms with E-state index in [1.165, 1.54) is 0 Å². The summed E-state index contributed by atoms with van der Waals surface area (Å²) in [6.07, 6.45) is -0.356. The molecule has 0 aliphatic carbocycles. The number of carbonyl (C=O) groups excluding carboxylic acids is 1. The van der Waals surface area contributed by atoms with Crippen LogP contribution in [0.1, 0.15) is 12.0 Å². The molecule has 1 heterocycles. The molecule has 1 aromatic carbocycles. The van der Waals surface area contributed by atoms with E-state index in [1.54, 1.807) is 0 Å². The molecule has 0 saturated carbocycles. The molecule has 1 saturated heterocycles. The lowest BCUT2D eigenvalue weighted by Gasteiger charge is -2.28. The zero-order valence-corrected chi connectivity index (χ0v) is 11.4. The van der Waals surface area contributed by atoms with Crippen LogP contribution in [0.4, 0.5) is 4.79 Å². The first-order valence-corrected chi connectivity index (χ1v) is 6.11. The SMILES string of the molecule is Cl.O=C(NC1CNCCC1O)OCc1ccccc1. The van der Waals surface area contributed by atoms with Crippen molar-refractivity contribution in [3.63, 3.8) is 0 Å². The standard InChI is InChI=1S/C13H18N2O3.ClH/c16-12-6-7-14-8-11(12)15-13(17)18-9-10-4-2-1-3-5-10;/h1-5,11-12,14,16H,6-9H2,(H,15,17);1H. The molecular weight excluding hydrogens is 268 g/mol. The molecule has 106 valence electrons. The summed E-state index contributed by atoms with van der Waals surface area (Å²) in [4.78, 5) is 11.6. The molecule has 2 atom stereocenters. The molecule has 1 fully saturated rings. The number of hydrogen-bond donors (Lipinski definition) is 3. The van der Waals surface area contributed by atoms with Crippen molar-refractivity contribution in [2.75, 3.05) is 13.1 Å². The Morgan fingerprint density at radius 1 is 1.42 bits per heavy atom. The molecule has 2 unspecified atom stereocenters. The lowest BCUT2D eigenvalue weighted by molar-refractivity contribution is 0.0843. The molecule has 0 aromatic heterocycles. The van der Waals surface area contributed by atoms with Gasteiger partial charge in [-0.15, -0.1) is 12.4 Å². The maximum absolute atomic E-state index is 11.6. The summed E-state index contributed by atoms with van der Waals surface area (Å²) in [7, 11) is 0. The second-order valence-corrected chi connectivity index (χ2v) is 4.37. The summed E-state index contributed by atoms with van der Waals surface area (Å²) in [6.45, 7) is 1.59. The van der Waals surface area contributed by atoms with Crippen LogP contribution in [0.25, 0.3) is 0 Å². The number of aliphatic hydroxyl groups excluding tert-OH is 1. The van der Waals surface area contributed by atoms with E-state index in [0.29, 0.717) is 13.0 Å². The Hall–Kier alpha value is -1.30. The van der Waals surface area contributed by atoms with E-state index in [-0.39, 0.29) is 25.1 Å². The normalized spacial score (nSPS) is 22.2. The number of piperidine rings is 1. The molecule has 0 spiro atoms. The average Bonchev–Trinajstić information content (AvgIpc) is 2.40. The van der Waals surface area contributed by atoms with Crippen LogP contribution in [0.15, 0.2) is 30.3 Å². The van der Waals surface area contributed by atoms with Gasteiger partial charge in [-0.2, -0.15) is 0 Å². The van der Waals surface area contributed by atoms with Gasteiger partial charge < -0.3 is 20.5 Å². The van der Waals surface area contributed by atoms with Crippen molar-refractivity contribution >= 4 is 18.5 Å². The third-order valence-electron chi connectivity index (χ3n) is 2.96. The van der Waals surface area contributed by atoms with E-state index in [1.807, 2.05) is 30.3 Å². The first kappa shape index (κ1) is 15.8. The lowest BCUT2D eigenvalue weighted by atomic mass is 10.0. The van der Waals surface area contributed by atoms with E-state index >= 15 is 0 Å². The summed E-state index contributed by atoms with van der Waals surface area (Å²) in [5, 5.41) is 15.5. The predicted molar refractivity (Wildman–Crippen MR) is 74.3 cm³/mol. The van der Waals surface area contributed by atoms with Crippen molar-refractivity contribution in [1.82, 2.24) is 10.6 Å². The number of nitrogens with one attached hydrogen (secondary N) is 2. The highest BCUT2D eigenvalue weighted by Crippen LogP contribution is 2.04. The van der Waals surface area contributed by atoms with Gasteiger partial charge in [0.05, 0.1) is 12.1 Å². The zero-order valence-electron chi connectivity index (χ0n) is 10.5. The van der Waals surface area contributed by atoms with Crippen LogP contribution in [0.2, 0.25) is 0 Å². The molecule has 1 aliphatic rings. The monoisotopic (exact) mass is 286 g/mol. The Kier molecular flexibility index (Phi) is 6.62. The van der Waals surface area contributed by atoms with Crippen molar-refractivity contribution in [1.29, 1.82) is 0 Å². The number of carbonyl (C=O) groups is 1. The quantitative estimate of drug-likeness (QED) is 0.777. The largest absolute Gasteiger partial charge is 0.445 e. The van der Waals surface area contributed by atoms with Crippen LogP contribution in [0.3, 0.4) is 0 Å². The van der Waals surface area contributed by atoms with Crippen molar-refractivity contribution in [3.8, 4) is 0 Å². The number of alkyl carbamates (subject to hydrolysis) is 1. The number of rotatable bonds is 3. The van der Waals surface area contributed by atoms with Crippen molar-refractivity contribution in [2.24, 2.45) is 0 Å². The van der Waals surface area contributed by atoms with Gasteiger partial charge in [-0.25, -0.2) is 4.79 Å². The van der Waals surface area contributed by atoms with E-state index in [9.17, 15) is 9.90 Å². The molecule has 3 N–H and O–H groups in total. The fourth-order valence-corrected chi connectivity index (χ4v) is 1.91. The zero-order chi connectivity index (χ0) is 12.8. The second-order valence-electron chi connectivity index (χ2n) is 4.37. The summed E-state index contributed by atoms with van der Waals surface area (Å²) >= 11 is 0. The number of benzene rings is 1. The number of hydrogen-bond acceptors (Lipinski definition) is 4. The highest BCUT2D eigenvalue weighted by atomic mass is 35.5. The van der Waals surface area contributed by atoms with Gasteiger partial charge in [-0.3, -0.25) is 0 Å². The summed E-state index contributed by atoms with van der Waals surface area (Å²) in [5.41, 5.74) is 0.940. The van der Waals surface area contributed by atoms with Crippen LogP contribution < -0.4 is 10.6 Å². The van der Waals surface area contributed by atoms with Gasteiger partial charge >= 0.3 is 6.09 Å². The maximum Gasteiger partial charge on any atom is 0.407 e. The van der Waals surface area contributed by atoms with Gasteiger partial charge in [0.25, 0.3) is 0 Å². The van der Waals surface area contributed by atoms with Gasteiger partial charge in [0, 0.05) is 6.54 Å². The van der Waals surface area contributed by atoms with Crippen LogP contribution in [0.5, 0.6) is 0 Å². The van der Waals surface area contributed by atoms with Gasteiger partial charge in [-0.1, -0.05) is 30.3 Å². The van der Waals surface area contributed by atoms with E-state index in [0.717, 1.165) is 12.1 Å². The maximum atomic E-state index is 11.6. The minimum absolute atomic E-state index is 0. The fourth-order valence-electron chi connectivity index (χ4n) is 1.91. The van der Waals surface area contributed by atoms with Crippen LogP contribution in [0, 0.1) is 0 Å². The van der Waals surface area contributed by atoms with Crippen molar-refractivity contribution in [2.45, 2.75) is 25.2 Å². The highest BCUT2D eigenvalue weighted by Gasteiger charge is 2.24. The van der Waals surface area contributed by atoms with Crippen LogP contribution >= 0.6 is 12.4 Å². The highest BCUT2D eigenvalue weighted by molar-refractivity contribution is 5.85. The molecule has 1 amide bonds. The van der Waals surface area contributed by atoms with Crippen molar-refractivity contribution in [3.05, 3.63) is 35.9 Å². The van der Waals surface area contributed by atoms with E-state index in [4.69, 9.17) is 4.74 Å². The van der Waals surface area contributed by atoms with Crippen LogP contribution in [-0.4, -0.2) is 36.4 Å². The molecular formula is C13H19ClN2O3. The summed E-state index contributed by atoms with van der Waals surface area (Å²) in [6, 6.07) is 9.21. The summed E-state index contributed by atoms with van der Waals surface area (Å²) < 4.78 is 5.09. The molecule has 0 radical (unpaired) electrons. The van der Waals surface area contributed by atoms with E-state index < -0.39 is 12.2 Å².